The van der Waals surface area contributed by atoms with Gasteiger partial charge in [-0.25, -0.2) is 4.98 Å². The van der Waals surface area contributed by atoms with E-state index < -0.39 is 0 Å². The number of hydrogen-bond donors (Lipinski definition) is 2. The first-order chi connectivity index (χ1) is 10.8. The van der Waals surface area contributed by atoms with Gasteiger partial charge in [0.05, 0.1) is 12.3 Å². The smallest absolute Gasteiger partial charge is 0.275 e. The van der Waals surface area contributed by atoms with Gasteiger partial charge in [0.25, 0.3) is 5.91 Å². The Hall–Kier alpha value is -2.67. The Labute approximate surface area is 130 Å². The van der Waals surface area contributed by atoms with Crippen LogP contribution in [0.25, 0.3) is 11.3 Å². The number of thiazole rings is 1. The Morgan fingerprint density at radius 2 is 2.32 bits per heavy atom. The lowest BCUT2D eigenvalue weighted by Crippen LogP contribution is -2.11. The van der Waals surface area contributed by atoms with Crippen LogP contribution in [0.5, 0.6) is 5.75 Å². The zero-order chi connectivity index (χ0) is 14.9. The summed E-state index contributed by atoms with van der Waals surface area (Å²) in [6.07, 6.45) is 2.55. The van der Waals surface area contributed by atoms with Crippen LogP contribution in [0.15, 0.2) is 35.8 Å². The molecule has 0 spiro atoms. The normalized spacial score (nSPS) is 12.7. The van der Waals surface area contributed by atoms with Gasteiger partial charge < -0.3 is 4.74 Å². The molecule has 22 heavy (non-hydrogen) atoms. The van der Waals surface area contributed by atoms with E-state index in [-0.39, 0.29) is 5.91 Å². The minimum absolute atomic E-state index is 0.252. The fourth-order valence-corrected chi connectivity index (χ4v) is 2.91. The first-order valence-electron chi connectivity index (χ1n) is 6.82. The highest BCUT2D eigenvalue weighted by atomic mass is 32.1. The Balaban J connectivity index is 1.57. The van der Waals surface area contributed by atoms with Crippen molar-refractivity contribution in [3.8, 4) is 17.0 Å². The Morgan fingerprint density at radius 3 is 3.18 bits per heavy atom. The monoisotopic (exact) mass is 312 g/mol. The highest BCUT2D eigenvalue weighted by molar-refractivity contribution is 7.13. The second-order valence-electron chi connectivity index (χ2n) is 4.88. The van der Waals surface area contributed by atoms with Gasteiger partial charge in [-0.1, -0.05) is 0 Å². The number of rotatable bonds is 3. The van der Waals surface area contributed by atoms with Crippen molar-refractivity contribution in [3.63, 3.8) is 0 Å². The Bertz CT molecular complexity index is 826. The maximum atomic E-state index is 12.1. The molecule has 0 aliphatic carbocycles. The van der Waals surface area contributed by atoms with Crippen molar-refractivity contribution in [2.45, 2.75) is 6.42 Å². The number of carbonyl (C=O) groups excluding carboxylic acids is 1. The van der Waals surface area contributed by atoms with Crippen molar-refractivity contribution in [2.75, 3.05) is 11.9 Å². The van der Waals surface area contributed by atoms with Gasteiger partial charge >= 0.3 is 0 Å². The number of ether oxygens (including phenoxy) is 1. The molecule has 0 unspecified atom stereocenters. The number of anilines is 1. The zero-order valence-electron chi connectivity index (χ0n) is 11.5. The van der Waals surface area contributed by atoms with Crippen molar-refractivity contribution in [2.24, 2.45) is 0 Å². The standard InChI is InChI=1S/C15H12N4O2S/c20-14(17-15-16-4-6-22-15)12-8-11(18-19-12)9-1-2-13-10(7-9)3-5-21-13/h1-2,4,6-8H,3,5H2,(H,18,19)(H,16,17,20). The van der Waals surface area contributed by atoms with Gasteiger partial charge in [0.1, 0.15) is 11.4 Å². The molecule has 0 radical (unpaired) electrons. The van der Waals surface area contributed by atoms with E-state index in [2.05, 4.69) is 26.6 Å². The third kappa shape index (κ3) is 2.35. The lowest BCUT2D eigenvalue weighted by molar-refractivity contribution is 0.102. The van der Waals surface area contributed by atoms with E-state index in [0.29, 0.717) is 10.8 Å². The number of nitrogens with zero attached hydrogens (tertiary/aromatic N) is 2. The number of H-pyrrole nitrogens is 1. The highest BCUT2D eigenvalue weighted by Crippen LogP contribution is 2.30. The van der Waals surface area contributed by atoms with Crippen LogP contribution < -0.4 is 10.1 Å². The van der Waals surface area contributed by atoms with E-state index in [0.717, 1.165) is 30.0 Å². The van der Waals surface area contributed by atoms with E-state index in [4.69, 9.17) is 4.74 Å². The van der Waals surface area contributed by atoms with Crippen molar-refractivity contribution in [1.82, 2.24) is 15.2 Å². The summed E-state index contributed by atoms with van der Waals surface area (Å²) in [4.78, 5) is 16.1. The van der Waals surface area contributed by atoms with Crippen LogP contribution in [0.3, 0.4) is 0 Å². The van der Waals surface area contributed by atoms with Gasteiger partial charge in [-0.15, -0.1) is 11.3 Å². The van der Waals surface area contributed by atoms with E-state index in [1.54, 1.807) is 17.6 Å². The van der Waals surface area contributed by atoms with Gasteiger partial charge in [-0.05, 0) is 29.8 Å². The fourth-order valence-electron chi connectivity index (χ4n) is 2.38. The molecule has 7 heteroatoms. The third-order valence-electron chi connectivity index (χ3n) is 3.46. The predicted molar refractivity (Wildman–Crippen MR) is 83.3 cm³/mol. The van der Waals surface area contributed by atoms with Gasteiger partial charge in [-0.3, -0.25) is 15.2 Å². The van der Waals surface area contributed by atoms with E-state index in [1.807, 2.05) is 12.1 Å². The van der Waals surface area contributed by atoms with Crippen molar-refractivity contribution in [3.05, 3.63) is 47.1 Å². The molecule has 3 aromatic rings. The second kappa shape index (κ2) is 5.27. The molecule has 3 heterocycles. The minimum atomic E-state index is -0.252. The molecule has 1 aromatic carbocycles. The van der Waals surface area contributed by atoms with Crippen LogP contribution in [0.4, 0.5) is 5.13 Å². The maximum absolute atomic E-state index is 12.1. The summed E-state index contributed by atoms with van der Waals surface area (Å²) in [6, 6.07) is 7.69. The second-order valence-corrected chi connectivity index (χ2v) is 5.77. The lowest BCUT2D eigenvalue weighted by atomic mass is 10.1. The average Bonchev–Trinajstić information content (AvgIpc) is 3.27. The molecule has 1 amide bonds. The molecule has 6 nitrogen and oxygen atoms in total. The molecular weight excluding hydrogens is 300 g/mol. The van der Waals surface area contributed by atoms with E-state index in [1.165, 1.54) is 16.9 Å². The molecule has 1 aliphatic heterocycles. The minimum Gasteiger partial charge on any atom is -0.493 e. The quantitative estimate of drug-likeness (QED) is 0.779. The fraction of sp³-hybridized carbons (Fsp3) is 0.133. The van der Waals surface area contributed by atoms with Crippen molar-refractivity contribution in [1.29, 1.82) is 0 Å². The molecule has 2 N–H and O–H groups in total. The molecule has 0 atom stereocenters. The average molecular weight is 312 g/mol. The number of nitrogens with one attached hydrogen (secondary N) is 2. The van der Waals surface area contributed by atoms with Crippen LogP contribution >= 0.6 is 11.3 Å². The molecule has 1 aliphatic rings. The molecule has 0 bridgehead atoms. The highest BCUT2D eigenvalue weighted by Gasteiger charge is 2.16. The van der Waals surface area contributed by atoms with Gasteiger partial charge in [0.15, 0.2) is 5.13 Å². The van der Waals surface area contributed by atoms with Gasteiger partial charge in [-0.2, -0.15) is 5.10 Å². The predicted octanol–water partition coefficient (Wildman–Crippen LogP) is 2.72. The summed E-state index contributed by atoms with van der Waals surface area (Å²) in [7, 11) is 0. The van der Waals surface area contributed by atoms with Crippen LogP contribution in [-0.4, -0.2) is 27.7 Å². The summed E-state index contributed by atoms with van der Waals surface area (Å²) < 4.78 is 5.49. The molecule has 0 saturated carbocycles. The number of fused-ring (bicyclic) bond motifs is 1. The van der Waals surface area contributed by atoms with Crippen LogP contribution in [-0.2, 0) is 6.42 Å². The summed E-state index contributed by atoms with van der Waals surface area (Å²) >= 11 is 1.37. The third-order valence-corrected chi connectivity index (χ3v) is 4.15. The lowest BCUT2D eigenvalue weighted by Gasteiger charge is -2.00. The number of hydrogen-bond acceptors (Lipinski definition) is 5. The Kier molecular flexibility index (Phi) is 3.12. The molecule has 0 fully saturated rings. The first kappa shape index (κ1) is 13.0. The molecule has 110 valence electrons. The molecular formula is C15H12N4O2S. The number of aromatic amines is 1. The number of carbonyl (C=O) groups is 1. The Morgan fingerprint density at radius 1 is 1.36 bits per heavy atom. The maximum Gasteiger partial charge on any atom is 0.275 e. The summed E-state index contributed by atoms with van der Waals surface area (Å²) in [5.41, 5.74) is 3.28. The SMILES string of the molecule is O=C(Nc1nccs1)c1cc(-c2ccc3c(c2)CCO3)n[nH]1. The summed E-state index contributed by atoms with van der Waals surface area (Å²) in [5, 5.41) is 12.1. The van der Waals surface area contributed by atoms with Crippen molar-refractivity contribution < 1.29 is 9.53 Å². The molecule has 0 saturated heterocycles. The van der Waals surface area contributed by atoms with Crippen LogP contribution in [0.2, 0.25) is 0 Å². The number of aromatic nitrogens is 3. The van der Waals surface area contributed by atoms with Crippen LogP contribution in [0, 0.1) is 0 Å². The largest absolute Gasteiger partial charge is 0.493 e. The number of amides is 1. The number of benzene rings is 1. The van der Waals surface area contributed by atoms with Crippen molar-refractivity contribution >= 4 is 22.4 Å². The topological polar surface area (TPSA) is 79.9 Å². The van der Waals surface area contributed by atoms with Gasteiger partial charge in [0, 0.05) is 23.6 Å². The van der Waals surface area contributed by atoms with E-state index in [9.17, 15) is 4.79 Å². The van der Waals surface area contributed by atoms with E-state index >= 15 is 0 Å². The van der Waals surface area contributed by atoms with Crippen LogP contribution in [0.1, 0.15) is 16.1 Å². The molecule has 4 rings (SSSR count). The zero-order valence-corrected chi connectivity index (χ0v) is 12.3. The summed E-state index contributed by atoms with van der Waals surface area (Å²) in [5.74, 6) is 0.680. The summed E-state index contributed by atoms with van der Waals surface area (Å²) in [6.45, 7) is 0.723. The molecule has 2 aromatic heterocycles. The first-order valence-corrected chi connectivity index (χ1v) is 7.70. The van der Waals surface area contributed by atoms with Gasteiger partial charge in [0.2, 0.25) is 0 Å².